The maximum atomic E-state index is 13.4. The summed E-state index contributed by atoms with van der Waals surface area (Å²) in [6.45, 7) is 2.43. The molecule has 0 spiro atoms. The number of carbonyl (C=O) groups is 1. The molecule has 184 valence electrons. The Morgan fingerprint density at radius 2 is 1.86 bits per heavy atom. The van der Waals surface area contributed by atoms with E-state index in [0.29, 0.717) is 41.1 Å². The van der Waals surface area contributed by atoms with Crippen molar-refractivity contribution in [2.45, 2.75) is 69.0 Å². The fourth-order valence-corrected chi connectivity index (χ4v) is 6.90. The molecule has 0 N–H and O–H groups in total. The molecule has 7 heteroatoms. The van der Waals surface area contributed by atoms with Crippen molar-refractivity contribution in [3.63, 3.8) is 0 Å². The van der Waals surface area contributed by atoms with Crippen LogP contribution in [0.5, 0.6) is 0 Å². The summed E-state index contributed by atoms with van der Waals surface area (Å²) in [4.78, 5) is 27.0. The minimum atomic E-state index is 0.0198. The average molecular weight is 500 g/mol. The van der Waals surface area contributed by atoms with Gasteiger partial charge in [-0.2, -0.15) is 5.26 Å². The maximum absolute atomic E-state index is 13.4. The van der Waals surface area contributed by atoms with Crippen molar-refractivity contribution in [2.75, 3.05) is 13.6 Å². The zero-order chi connectivity index (χ0) is 25.0. The summed E-state index contributed by atoms with van der Waals surface area (Å²) >= 11 is 6.77. The molecule has 1 amide bonds. The Hall–Kier alpha value is -3.01. The van der Waals surface area contributed by atoms with Gasteiger partial charge in [0.2, 0.25) is 0 Å². The van der Waals surface area contributed by atoms with Gasteiger partial charge in [0, 0.05) is 47.1 Å². The van der Waals surface area contributed by atoms with E-state index in [1.165, 1.54) is 0 Å². The van der Waals surface area contributed by atoms with Gasteiger partial charge >= 0.3 is 0 Å². The number of aromatic nitrogens is 2. The van der Waals surface area contributed by atoms with E-state index in [-0.39, 0.29) is 11.9 Å². The van der Waals surface area contributed by atoms with Crippen LogP contribution in [-0.2, 0) is 0 Å². The van der Waals surface area contributed by atoms with Gasteiger partial charge in [-0.1, -0.05) is 35.9 Å². The Bertz CT molecular complexity index is 1370. The lowest BCUT2D eigenvalue weighted by molar-refractivity contribution is 0.0535. The molecule has 3 fully saturated rings. The van der Waals surface area contributed by atoms with Crippen LogP contribution in [0.1, 0.15) is 71.4 Å². The summed E-state index contributed by atoms with van der Waals surface area (Å²) in [5.74, 6) is 1.42. The van der Waals surface area contributed by atoms with Crippen molar-refractivity contribution < 1.29 is 4.79 Å². The number of amides is 1. The van der Waals surface area contributed by atoms with Gasteiger partial charge in [-0.25, -0.2) is 9.97 Å². The molecule has 2 unspecified atom stereocenters. The highest BCUT2D eigenvalue weighted by Gasteiger charge is 2.44. The fraction of sp³-hybridized carbons (Fsp3) is 0.448. The van der Waals surface area contributed by atoms with Gasteiger partial charge in [0.15, 0.2) is 0 Å². The van der Waals surface area contributed by atoms with E-state index >= 15 is 0 Å². The first kappa shape index (κ1) is 23.4. The first-order valence-electron chi connectivity index (χ1n) is 12.9. The summed E-state index contributed by atoms with van der Waals surface area (Å²) < 4.78 is 0. The number of halogens is 1. The molecular weight excluding hydrogens is 470 g/mol. The second-order valence-corrected chi connectivity index (χ2v) is 11.0. The predicted octanol–water partition coefficient (Wildman–Crippen LogP) is 5.45. The van der Waals surface area contributed by atoms with Gasteiger partial charge in [0.1, 0.15) is 5.82 Å². The Kier molecular flexibility index (Phi) is 5.94. The van der Waals surface area contributed by atoms with Crippen LogP contribution in [0.15, 0.2) is 42.5 Å². The van der Waals surface area contributed by atoms with Crippen LogP contribution in [-0.4, -0.2) is 57.4 Å². The van der Waals surface area contributed by atoms with E-state index in [9.17, 15) is 4.79 Å². The SMILES string of the molecule is Cc1nc([C@@H]2C[C@H]2c2ccc(C(=O)N(C)C3CC4CCC(C3)N4CC#N)cc2Cl)c2ccccc2n1. The molecule has 1 saturated carbocycles. The lowest BCUT2D eigenvalue weighted by Gasteiger charge is -2.41. The monoisotopic (exact) mass is 499 g/mol. The van der Waals surface area contributed by atoms with Crippen molar-refractivity contribution in [3.05, 3.63) is 70.1 Å². The van der Waals surface area contributed by atoms with E-state index in [0.717, 1.165) is 60.1 Å². The average Bonchev–Trinajstić information content (AvgIpc) is 3.63. The van der Waals surface area contributed by atoms with Crippen LogP contribution >= 0.6 is 11.6 Å². The molecule has 3 heterocycles. The predicted molar refractivity (Wildman–Crippen MR) is 140 cm³/mol. The first-order valence-corrected chi connectivity index (χ1v) is 13.2. The van der Waals surface area contributed by atoms with Crippen molar-refractivity contribution in [2.24, 2.45) is 0 Å². The summed E-state index contributed by atoms with van der Waals surface area (Å²) in [5, 5.41) is 10.9. The van der Waals surface area contributed by atoms with Crippen molar-refractivity contribution in [1.29, 1.82) is 5.26 Å². The van der Waals surface area contributed by atoms with Crippen LogP contribution < -0.4 is 0 Å². The van der Waals surface area contributed by atoms with Crippen LogP contribution in [0.25, 0.3) is 10.9 Å². The number of benzene rings is 2. The highest BCUT2D eigenvalue weighted by molar-refractivity contribution is 6.31. The topological polar surface area (TPSA) is 73.1 Å². The Morgan fingerprint density at radius 3 is 2.58 bits per heavy atom. The lowest BCUT2D eigenvalue weighted by Crippen LogP contribution is -2.50. The number of para-hydroxylation sites is 1. The number of fused-ring (bicyclic) bond motifs is 3. The smallest absolute Gasteiger partial charge is 0.253 e. The molecule has 3 aliphatic rings. The van der Waals surface area contributed by atoms with E-state index in [1.54, 1.807) is 0 Å². The minimum absolute atomic E-state index is 0.0198. The number of nitrogens with zero attached hydrogens (tertiary/aromatic N) is 5. The molecular formula is C29H30ClN5O. The molecule has 3 aromatic rings. The minimum Gasteiger partial charge on any atom is -0.339 e. The van der Waals surface area contributed by atoms with Crippen LogP contribution in [0.3, 0.4) is 0 Å². The molecule has 36 heavy (non-hydrogen) atoms. The van der Waals surface area contributed by atoms with Gasteiger partial charge < -0.3 is 4.90 Å². The lowest BCUT2D eigenvalue weighted by atomic mass is 9.95. The molecule has 2 aliphatic heterocycles. The number of aryl methyl sites for hydroxylation is 1. The van der Waals surface area contributed by atoms with E-state index in [2.05, 4.69) is 22.0 Å². The van der Waals surface area contributed by atoms with Gasteiger partial charge in [0.05, 0.1) is 23.8 Å². The van der Waals surface area contributed by atoms with E-state index < -0.39 is 0 Å². The molecule has 2 bridgehead atoms. The third-order valence-corrected chi connectivity index (χ3v) is 8.84. The Labute approximate surface area is 216 Å². The Morgan fingerprint density at radius 1 is 1.11 bits per heavy atom. The van der Waals surface area contributed by atoms with Crippen molar-refractivity contribution in [1.82, 2.24) is 19.8 Å². The zero-order valence-electron chi connectivity index (χ0n) is 20.7. The molecule has 4 atom stereocenters. The maximum Gasteiger partial charge on any atom is 0.253 e. The van der Waals surface area contributed by atoms with Gasteiger partial charge in [-0.15, -0.1) is 0 Å². The molecule has 6 nitrogen and oxygen atoms in total. The van der Waals surface area contributed by atoms with Gasteiger partial charge in [-0.05, 0) is 68.7 Å². The largest absolute Gasteiger partial charge is 0.339 e. The molecule has 0 radical (unpaired) electrons. The standard InChI is InChI=1S/C29H30ClN5O/c1-17-32-27-6-4-3-5-23(27)28(33-17)25-16-24(25)22-10-7-18(13-26(22)30)29(36)34(2)21-14-19-8-9-20(15-21)35(19)12-11-31/h3-7,10,13,19-21,24-25H,8-9,12,14-16H2,1-2H3/t19?,20?,21?,24-,25+/m0/s1. The van der Waals surface area contributed by atoms with Crippen LogP contribution in [0.4, 0.5) is 0 Å². The number of hydrogen-bond acceptors (Lipinski definition) is 5. The van der Waals surface area contributed by atoms with Gasteiger partial charge in [0.25, 0.3) is 5.91 Å². The van der Waals surface area contributed by atoms with Crippen molar-refractivity contribution >= 4 is 28.4 Å². The van der Waals surface area contributed by atoms with Gasteiger partial charge in [-0.3, -0.25) is 9.69 Å². The molecule has 1 aromatic heterocycles. The third-order valence-electron chi connectivity index (χ3n) is 8.51. The number of hydrogen-bond donors (Lipinski definition) is 0. The highest BCUT2D eigenvalue weighted by atomic mass is 35.5. The summed E-state index contributed by atoms with van der Waals surface area (Å²) in [5.41, 5.74) is 3.80. The first-order chi connectivity index (χ1) is 17.4. The molecule has 2 saturated heterocycles. The molecule has 1 aliphatic carbocycles. The van der Waals surface area contributed by atoms with E-state index in [1.807, 2.05) is 55.3 Å². The van der Waals surface area contributed by atoms with Crippen LogP contribution in [0, 0.1) is 18.3 Å². The fourth-order valence-electron chi connectivity index (χ4n) is 6.58. The summed E-state index contributed by atoms with van der Waals surface area (Å²) in [6, 6.07) is 17.3. The quantitative estimate of drug-likeness (QED) is 0.436. The number of rotatable bonds is 5. The third kappa shape index (κ3) is 4.05. The summed E-state index contributed by atoms with van der Waals surface area (Å²) in [6.07, 6.45) is 5.10. The van der Waals surface area contributed by atoms with Crippen molar-refractivity contribution in [3.8, 4) is 6.07 Å². The van der Waals surface area contributed by atoms with E-state index in [4.69, 9.17) is 21.8 Å². The molecule has 2 aromatic carbocycles. The normalized spacial score (nSPS) is 27.1. The second-order valence-electron chi connectivity index (χ2n) is 10.6. The second kappa shape index (κ2) is 9.14. The number of piperidine rings is 1. The number of nitriles is 1. The highest BCUT2D eigenvalue weighted by Crippen LogP contribution is 2.56. The van der Waals surface area contributed by atoms with Crippen LogP contribution in [0.2, 0.25) is 5.02 Å². The Balaban J connectivity index is 1.18. The molecule has 6 rings (SSSR count). The number of carbonyl (C=O) groups excluding carboxylic acids is 1. The summed E-state index contributed by atoms with van der Waals surface area (Å²) in [7, 11) is 1.91. The zero-order valence-corrected chi connectivity index (χ0v) is 21.4.